The number of rotatable bonds is 6. The molecule has 0 radical (unpaired) electrons. The predicted octanol–water partition coefficient (Wildman–Crippen LogP) is -0.244. The van der Waals surface area contributed by atoms with E-state index in [2.05, 4.69) is 31.1 Å². The highest BCUT2D eigenvalue weighted by Gasteiger charge is 2.44. The summed E-state index contributed by atoms with van der Waals surface area (Å²) >= 11 is 1.87. The van der Waals surface area contributed by atoms with Crippen molar-refractivity contribution < 1.29 is 14.4 Å². The van der Waals surface area contributed by atoms with Crippen LogP contribution in [-0.2, 0) is 9.59 Å². The summed E-state index contributed by atoms with van der Waals surface area (Å²) in [7, 11) is 0. The fourth-order valence-corrected chi connectivity index (χ4v) is 7.44. The normalized spacial score (nSPS) is 34.3. The van der Waals surface area contributed by atoms with Gasteiger partial charge in [-0.25, -0.2) is 4.79 Å². The molecule has 196 valence electrons. The van der Waals surface area contributed by atoms with E-state index in [-0.39, 0.29) is 42.0 Å². The minimum atomic E-state index is -0.220. The molecule has 5 aliphatic rings. The van der Waals surface area contributed by atoms with Gasteiger partial charge >= 0.3 is 6.03 Å². The second-order valence-electron chi connectivity index (χ2n) is 10.6. The maximum atomic E-state index is 13.0. The molecule has 10 nitrogen and oxygen atoms in total. The summed E-state index contributed by atoms with van der Waals surface area (Å²) in [6, 6.07) is -0.0142. The number of piperidine rings is 1. The Morgan fingerprint density at radius 1 is 1.06 bits per heavy atom. The van der Waals surface area contributed by atoms with Crippen LogP contribution in [0.2, 0.25) is 0 Å². The van der Waals surface area contributed by atoms with Gasteiger partial charge in [0.05, 0.1) is 12.2 Å². The molecule has 5 aliphatic heterocycles. The number of piperazine rings is 2. The molecular weight excluding hydrogens is 466 g/mol. The quantitative estimate of drug-likeness (QED) is 0.393. The topological polar surface area (TPSA) is 109 Å². The molecule has 0 aromatic carbocycles. The fraction of sp³-hybridized carbons (Fsp3) is 0.875. The Labute approximate surface area is 212 Å². The second kappa shape index (κ2) is 11.7. The molecule has 4 amide bonds. The predicted molar refractivity (Wildman–Crippen MR) is 136 cm³/mol. The number of thioether (sulfide) groups is 1. The number of nitrogens with zero attached hydrogens (tertiary/aromatic N) is 3. The average molecular weight is 508 g/mol. The largest absolute Gasteiger partial charge is 0.353 e. The number of urea groups is 1. The molecule has 4 N–H and O–H groups in total. The molecule has 11 heteroatoms. The minimum absolute atomic E-state index is 0.0388. The van der Waals surface area contributed by atoms with E-state index >= 15 is 0 Å². The first-order chi connectivity index (χ1) is 17.1. The Bertz CT molecular complexity index is 766. The van der Waals surface area contributed by atoms with Crippen LogP contribution in [0.4, 0.5) is 4.79 Å². The zero-order valence-corrected chi connectivity index (χ0v) is 21.5. The first-order valence-corrected chi connectivity index (χ1v) is 14.7. The standard InChI is InChI=1S/C24H41N7O3S/c32-22(30-10-8-29(9-11-30)21-3-1-2-7-25-21)5-4-19-14-26-23(33)20-13-18(15-31(19)20)28-24(34)27-17-6-12-35-16-17/h17-21,25H,1-16H2,(H,26,33)(H2,27,28,34). The Balaban J connectivity index is 1.06. The van der Waals surface area contributed by atoms with E-state index in [4.69, 9.17) is 0 Å². The number of nitrogens with one attached hydrogen (secondary N) is 4. The summed E-state index contributed by atoms with van der Waals surface area (Å²) in [6.07, 6.45) is 7.10. The lowest BCUT2D eigenvalue weighted by molar-refractivity contribution is -0.134. The van der Waals surface area contributed by atoms with Crippen molar-refractivity contribution in [1.82, 2.24) is 36.0 Å². The lowest BCUT2D eigenvalue weighted by Crippen LogP contribution is -2.58. The van der Waals surface area contributed by atoms with Gasteiger partial charge in [-0.1, -0.05) is 0 Å². The van der Waals surface area contributed by atoms with Gasteiger partial charge in [0, 0.05) is 69.6 Å². The molecule has 5 heterocycles. The number of hydrogen-bond acceptors (Lipinski definition) is 7. The second-order valence-corrected chi connectivity index (χ2v) is 11.8. The van der Waals surface area contributed by atoms with Crippen LogP contribution in [0.5, 0.6) is 0 Å². The van der Waals surface area contributed by atoms with Crippen molar-refractivity contribution in [1.29, 1.82) is 0 Å². The summed E-state index contributed by atoms with van der Waals surface area (Å²) in [6.45, 7) is 5.80. The summed E-state index contributed by atoms with van der Waals surface area (Å²) in [5.41, 5.74) is 0. The van der Waals surface area contributed by atoms with Crippen LogP contribution >= 0.6 is 11.8 Å². The molecule has 0 saturated carbocycles. The SMILES string of the molecule is O=C(NC1CCSC1)NC1CC2C(=O)NCC(CCC(=O)N3CCN(C4CCCCN4)CC3)N2C1. The van der Waals surface area contributed by atoms with Crippen molar-refractivity contribution in [3.8, 4) is 0 Å². The molecule has 35 heavy (non-hydrogen) atoms. The maximum Gasteiger partial charge on any atom is 0.315 e. The van der Waals surface area contributed by atoms with Crippen LogP contribution in [0.25, 0.3) is 0 Å². The van der Waals surface area contributed by atoms with E-state index < -0.39 is 0 Å². The third kappa shape index (κ3) is 6.23. The van der Waals surface area contributed by atoms with Gasteiger partial charge in [-0.15, -0.1) is 0 Å². The van der Waals surface area contributed by atoms with Gasteiger partial charge in [-0.2, -0.15) is 11.8 Å². The Kier molecular flexibility index (Phi) is 8.36. The monoisotopic (exact) mass is 507 g/mol. The zero-order chi connectivity index (χ0) is 24.2. The summed E-state index contributed by atoms with van der Waals surface area (Å²) in [4.78, 5) is 44.6. The van der Waals surface area contributed by atoms with Crippen molar-refractivity contribution in [2.24, 2.45) is 0 Å². The van der Waals surface area contributed by atoms with Crippen molar-refractivity contribution in [2.75, 3.05) is 57.3 Å². The minimum Gasteiger partial charge on any atom is -0.353 e. The number of amides is 4. The van der Waals surface area contributed by atoms with Crippen LogP contribution in [0.3, 0.4) is 0 Å². The highest BCUT2D eigenvalue weighted by molar-refractivity contribution is 7.99. The number of fused-ring (bicyclic) bond motifs is 1. The van der Waals surface area contributed by atoms with Crippen LogP contribution < -0.4 is 21.3 Å². The molecule has 0 spiro atoms. The van der Waals surface area contributed by atoms with Crippen molar-refractivity contribution in [3.63, 3.8) is 0 Å². The van der Waals surface area contributed by atoms with Gasteiger partial charge in [-0.05, 0) is 50.8 Å². The Morgan fingerprint density at radius 2 is 1.89 bits per heavy atom. The first kappa shape index (κ1) is 25.1. The van der Waals surface area contributed by atoms with E-state index in [1.807, 2.05) is 16.7 Å². The number of carbonyl (C=O) groups excluding carboxylic acids is 3. The summed E-state index contributed by atoms with van der Waals surface area (Å²) in [5, 5.41) is 12.8. The van der Waals surface area contributed by atoms with Crippen molar-refractivity contribution >= 4 is 29.6 Å². The van der Waals surface area contributed by atoms with Gasteiger partial charge in [-0.3, -0.25) is 19.4 Å². The third-order valence-corrected chi connectivity index (χ3v) is 9.47. The van der Waals surface area contributed by atoms with Crippen LogP contribution in [0.15, 0.2) is 0 Å². The van der Waals surface area contributed by atoms with Gasteiger partial charge < -0.3 is 26.2 Å². The molecular formula is C24H41N7O3S. The molecule has 0 bridgehead atoms. The fourth-order valence-electron chi connectivity index (χ4n) is 6.29. The van der Waals surface area contributed by atoms with E-state index in [0.717, 1.165) is 57.1 Å². The summed E-state index contributed by atoms with van der Waals surface area (Å²) in [5.74, 6) is 2.32. The van der Waals surface area contributed by atoms with E-state index in [0.29, 0.717) is 32.1 Å². The van der Waals surface area contributed by atoms with Crippen molar-refractivity contribution in [2.45, 2.75) is 75.3 Å². The van der Waals surface area contributed by atoms with Crippen LogP contribution in [0, 0.1) is 0 Å². The highest BCUT2D eigenvalue weighted by atomic mass is 32.2. The molecule has 5 rings (SSSR count). The van der Waals surface area contributed by atoms with E-state index in [1.54, 1.807) is 0 Å². The molecule has 5 atom stereocenters. The molecule has 0 aromatic heterocycles. The first-order valence-electron chi connectivity index (χ1n) is 13.5. The maximum absolute atomic E-state index is 13.0. The molecule has 5 unspecified atom stereocenters. The van der Waals surface area contributed by atoms with Crippen LogP contribution in [-0.4, -0.2) is 120 Å². The Hall–Kier alpha value is -1.56. The van der Waals surface area contributed by atoms with E-state index in [1.165, 1.54) is 19.3 Å². The average Bonchev–Trinajstić information content (AvgIpc) is 3.54. The molecule has 0 aromatic rings. The van der Waals surface area contributed by atoms with Gasteiger partial charge in [0.15, 0.2) is 0 Å². The highest BCUT2D eigenvalue weighted by Crippen LogP contribution is 2.26. The lowest BCUT2D eigenvalue weighted by Gasteiger charge is -2.41. The van der Waals surface area contributed by atoms with Crippen LogP contribution in [0.1, 0.15) is 44.9 Å². The molecule has 5 saturated heterocycles. The Morgan fingerprint density at radius 3 is 2.63 bits per heavy atom. The van der Waals surface area contributed by atoms with Gasteiger partial charge in [0.2, 0.25) is 11.8 Å². The van der Waals surface area contributed by atoms with E-state index in [9.17, 15) is 14.4 Å². The van der Waals surface area contributed by atoms with Gasteiger partial charge in [0.25, 0.3) is 0 Å². The smallest absolute Gasteiger partial charge is 0.315 e. The number of hydrogen-bond donors (Lipinski definition) is 4. The third-order valence-electron chi connectivity index (χ3n) is 8.31. The lowest BCUT2D eigenvalue weighted by atomic mass is 10.0. The zero-order valence-electron chi connectivity index (χ0n) is 20.7. The number of carbonyl (C=O) groups is 3. The molecule has 0 aliphatic carbocycles. The molecule has 5 fully saturated rings. The summed E-state index contributed by atoms with van der Waals surface area (Å²) < 4.78 is 0. The van der Waals surface area contributed by atoms with Crippen molar-refractivity contribution in [3.05, 3.63) is 0 Å². The van der Waals surface area contributed by atoms with Gasteiger partial charge in [0.1, 0.15) is 0 Å².